The van der Waals surface area contributed by atoms with E-state index < -0.39 is 6.04 Å². The normalized spacial score (nSPS) is 11.7. The fourth-order valence-corrected chi connectivity index (χ4v) is 2.48. The number of carbonyl (C=O) groups is 2. The molecule has 0 aliphatic heterocycles. The van der Waals surface area contributed by atoms with Gasteiger partial charge in [-0.15, -0.1) is 0 Å². The molecule has 0 aliphatic rings. The van der Waals surface area contributed by atoms with Gasteiger partial charge in [0.2, 0.25) is 11.8 Å². The summed E-state index contributed by atoms with van der Waals surface area (Å²) in [6.07, 6.45) is 0. The Morgan fingerprint density at radius 1 is 1.08 bits per heavy atom. The highest BCUT2D eigenvalue weighted by atomic mass is 35.5. The van der Waals surface area contributed by atoms with Gasteiger partial charge in [0, 0.05) is 0 Å². The van der Waals surface area contributed by atoms with Crippen molar-refractivity contribution in [2.75, 3.05) is 31.3 Å². The third-order valence-corrected chi connectivity index (χ3v) is 4.28. The lowest BCUT2D eigenvalue weighted by Crippen LogP contribution is -2.43. The van der Waals surface area contributed by atoms with E-state index in [-0.39, 0.29) is 18.4 Å². The molecule has 7 heteroatoms. The van der Waals surface area contributed by atoms with E-state index in [9.17, 15) is 9.59 Å². The maximum Gasteiger partial charge on any atom is 0.241 e. The van der Waals surface area contributed by atoms with Crippen LogP contribution in [0.15, 0.2) is 48.5 Å². The topological polar surface area (TPSA) is 70.7 Å². The minimum absolute atomic E-state index is 0.0474. The second kappa shape index (κ2) is 9.22. The Hall–Kier alpha value is -2.57. The molecule has 0 radical (unpaired) electrons. The molecule has 2 N–H and O–H groups in total. The second-order valence-corrected chi connectivity index (χ2v) is 6.22. The summed E-state index contributed by atoms with van der Waals surface area (Å²) < 4.78 is 5.22. The standard InChI is InChI=1S/C19H22ClN3O3/c1-13(19(25)22-16-10-6-7-11-17(16)26-3)23(2)12-18(24)21-15-9-5-4-8-14(15)20/h4-11,13H,12H2,1-3H3,(H,21,24)(H,22,25). The van der Waals surface area contributed by atoms with Crippen molar-refractivity contribution < 1.29 is 14.3 Å². The summed E-state index contributed by atoms with van der Waals surface area (Å²) >= 11 is 6.03. The Labute approximate surface area is 158 Å². The molecule has 0 aromatic heterocycles. The van der Waals surface area contributed by atoms with Crippen LogP contribution in [0.25, 0.3) is 0 Å². The minimum Gasteiger partial charge on any atom is -0.495 e. The number of likely N-dealkylation sites (N-methyl/N-ethyl adjacent to an activating group) is 1. The highest BCUT2D eigenvalue weighted by Gasteiger charge is 2.21. The van der Waals surface area contributed by atoms with Crippen molar-refractivity contribution in [1.29, 1.82) is 0 Å². The fourth-order valence-electron chi connectivity index (χ4n) is 2.30. The van der Waals surface area contributed by atoms with E-state index in [0.717, 1.165) is 0 Å². The van der Waals surface area contributed by atoms with E-state index in [2.05, 4.69) is 10.6 Å². The third-order valence-electron chi connectivity index (χ3n) is 3.95. The molecule has 0 bridgehead atoms. The number of methoxy groups -OCH3 is 1. The van der Waals surface area contributed by atoms with Gasteiger partial charge in [-0.1, -0.05) is 35.9 Å². The van der Waals surface area contributed by atoms with Crippen molar-refractivity contribution in [3.8, 4) is 5.75 Å². The lowest BCUT2D eigenvalue weighted by Gasteiger charge is -2.23. The van der Waals surface area contributed by atoms with Crippen LogP contribution in [0.5, 0.6) is 5.75 Å². The molecular formula is C19H22ClN3O3. The first-order chi connectivity index (χ1) is 12.4. The molecule has 0 fully saturated rings. The number of benzene rings is 2. The van der Waals surface area contributed by atoms with Crippen LogP contribution in [0.2, 0.25) is 5.02 Å². The van der Waals surface area contributed by atoms with Gasteiger partial charge in [-0.25, -0.2) is 0 Å². The Kier molecular flexibility index (Phi) is 7.00. The number of carbonyl (C=O) groups excluding carboxylic acids is 2. The number of para-hydroxylation sites is 3. The smallest absolute Gasteiger partial charge is 0.241 e. The number of hydrogen-bond donors (Lipinski definition) is 2. The summed E-state index contributed by atoms with van der Waals surface area (Å²) in [4.78, 5) is 26.3. The van der Waals surface area contributed by atoms with Crippen LogP contribution in [-0.4, -0.2) is 43.5 Å². The Morgan fingerprint density at radius 2 is 1.69 bits per heavy atom. The summed E-state index contributed by atoms with van der Waals surface area (Å²) in [6, 6.07) is 13.6. The van der Waals surface area contributed by atoms with Crippen LogP contribution in [0, 0.1) is 0 Å². The van der Waals surface area contributed by atoms with Gasteiger partial charge in [-0.05, 0) is 38.2 Å². The van der Waals surface area contributed by atoms with Gasteiger partial charge >= 0.3 is 0 Å². The first kappa shape index (κ1) is 19.8. The molecule has 2 aromatic carbocycles. The number of halogens is 1. The zero-order valence-corrected chi connectivity index (χ0v) is 15.7. The number of amides is 2. The zero-order valence-electron chi connectivity index (χ0n) is 15.0. The Morgan fingerprint density at radius 3 is 2.35 bits per heavy atom. The van der Waals surface area contributed by atoms with E-state index in [1.807, 2.05) is 12.1 Å². The molecule has 1 atom stereocenters. The number of hydrogen-bond acceptors (Lipinski definition) is 4. The van der Waals surface area contributed by atoms with Gasteiger partial charge in [0.15, 0.2) is 0 Å². The van der Waals surface area contributed by atoms with Gasteiger partial charge in [0.05, 0.1) is 36.1 Å². The van der Waals surface area contributed by atoms with Crippen molar-refractivity contribution >= 4 is 34.8 Å². The number of ether oxygens (including phenoxy) is 1. The van der Waals surface area contributed by atoms with Crippen molar-refractivity contribution in [3.05, 3.63) is 53.6 Å². The highest BCUT2D eigenvalue weighted by molar-refractivity contribution is 6.33. The van der Waals surface area contributed by atoms with Crippen LogP contribution in [0.3, 0.4) is 0 Å². The molecule has 0 saturated carbocycles. The molecule has 0 heterocycles. The molecule has 6 nitrogen and oxygen atoms in total. The summed E-state index contributed by atoms with van der Waals surface area (Å²) in [5, 5.41) is 6.02. The largest absolute Gasteiger partial charge is 0.495 e. The Balaban J connectivity index is 1.93. The average Bonchev–Trinajstić information content (AvgIpc) is 2.63. The minimum atomic E-state index is -0.517. The monoisotopic (exact) mass is 375 g/mol. The maximum absolute atomic E-state index is 12.5. The van der Waals surface area contributed by atoms with E-state index >= 15 is 0 Å². The van der Waals surface area contributed by atoms with Gasteiger partial charge in [-0.3, -0.25) is 14.5 Å². The zero-order chi connectivity index (χ0) is 19.1. The average molecular weight is 376 g/mol. The van der Waals surface area contributed by atoms with E-state index in [4.69, 9.17) is 16.3 Å². The molecule has 0 saturated heterocycles. The van der Waals surface area contributed by atoms with Crippen molar-refractivity contribution in [2.24, 2.45) is 0 Å². The molecular weight excluding hydrogens is 354 g/mol. The number of rotatable bonds is 7. The first-order valence-electron chi connectivity index (χ1n) is 8.11. The predicted molar refractivity (Wildman–Crippen MR) is 104 cm³/mol. The second-order valence-electron chi connectivity index (χ2n) is 5.81. The molecule has 2 rings (SSSR count). The SMILES string of the molecule is COc1ccccc1NC(=O)C(C)N(C)CC(=O)Nc1ccccc1Cl. The van der Waals surface area contributed by atoms with E-state index in [1.165, 1.54) is 0 Å². The summed E-state index contributed by atoms with van der Waals surface area (Å²) in [5.74, 6) is 0.0900. The number of nitrogens with zero attached hydrogens (tertiary/aromatic N) is 1. The van der Waals surface area contributed by atoms with E-state index in [0.29, 0.717) is 22.1 Å². The van der Waals surface area contributed by atoms with Gasteiger partial charge in [0.1, 0.15) is 5.75 Å². The quantitative estimate of drug-likeness (QED) is 0.779. The van der Waals surface area contributed by atoms with Crippen molar-refractivity contribution in [3.63, 3.8) is 0 Å². The molecule has 2 amide bonds. The molecule has 0 spiro atoms. The molecule has 0 aliphatic carbocycles. The van der Waals surface area contributed by atoms with Crippen LogP contribution in [0.4, 0.5) is 11.4 Å². The number of anilines is 2. The lowest BCUT2D eigenvalue weighted by molar-refractivity contribution is -0.122. The van der Waals surface area contributed by atoms with E-state index in [1.54, 1.807) is 62.4 Å². The van der Waals surface area contributed by atoms with Gasteiger partial charge in [0.25, 0.3) is 0 Å². The first-order valence-corrected chi connectivity index (χ1v) is 8.48. The van der Waals surface area contributed by atoms with Crippen LogP contribution < -0.4 is 15.4 Å². The lowest BCUT2D eigenvalue weighted by atomic mass is 10.2. The molecule has 2 aromatic rings. The summed E-state index contributed by atoms with van der Waals surface area (Å²) in [5.41, 5.74) is 1.12. The highest BCUT2D eigenvalue weighted by Crippen LogP contribution is 2.23. The maximum atomic E-state index is 12.5. The molecule has 138 valence electrons. The Bertz CT molecular complexity index is 782. The fraction of sp³-hybridized carbons (Fsp3) is 0.263. The molecule has 1 unspecified atom stereocenters. The van der Waals surface area contributed by atoms with Crippen LogP contribution in [-0.2, 0) is 9.59 Å². The summed E-state index contributed by atoms with van der Waals surface area (Å²) in [6.45, 7) is 1.78. The van der Waals surface area contributed by atoms with Crippen molar-refractivity contribution in [2.45, 2.75) is 13.0 Å². The van der Waals surface area contributed by atoms with Crippen LogP contribution in [0.1, 0.15) is 6.92 Å². The third kappa shape index (κ3) is 5.21. The summed E-state index contributed by atoms with van der Waals surface area (Å²) in [7, 11) is 3.25. The van der Waals surface area contributed by atoms with Gasteiger partial charge < -0.3 is 15.4 Å². The molecule has 26 heavy (non-hydrogen) atoms. The van der Waals surface area contributed by atoms with Gasteiger partial charge in [-0.2, -0.15) is 0 Å². The van der Waals surface area contributed by atoms with Crippen molar-refractivity contribution in [1.82, 2.24) is 4.90 Å². The number of nitrogens with one attached hydrogen (secondary N) is 2. The predicted octanol–water partition coefficient (Wildman–Crippen LogP) is 3.25. The van der Waals surface area contributed by atoms with Crippen LogP contribution >= 0.6 is 11.6 Å².